The zero-order valence-electron chi connectivity index (χ0n) is 15.3. The zero-order valence-corrected chi connectivity index (χ0v) is 16.0. The molecule has 4 heteroatoms. The Morgan fingerprint density at radius 3 is 2.12 bits per heavy atom. The molecule has 0 aliphatic heterocycles. The summed E-state index contributed by atoms with van der Waals surface area (Å²) < 4.78 is 5.62. The van der Waals surface area contributed by atoms with Gasteiger partial charge in [-0.15, -0.1) is 0 Å². The molecule has 3 nitrogen and oxygen atoms in total. The predicted molar refractivity (Wildman–Crippen MR) is 104 cm³/mol. The Kier molecular flexibility index (Phi) is 9.79. The van der Waals surface area contributed by atoms with Gasteiger partial charge in [0.25, 0.3) is 0 Å². The second kappa shape index (κ2) is 12.2. The van der Waals surface area contributed by atoms with Crippen LogP contribution in [-0.4, -0.2) is 18.6 Å². The molecular weight excluding hydrogens is 334 g/mol. The Morgan fingerprint density at radius 2 is 1.52 bits per heavy atom. The summed E-state index contributed by atoms with van der Waals surface area (Å²) in [6.45, 7) is 0.363. The van der Waals surface area contributed by atoms with Gasteiger partial charge < -0.3 is 10.1 Å². The highest BCUT2D eigenvalue weighted by Gasteiger charge is 2.13. The van der Waals surface area contributed by atoms with Crippen LogP contribution in [0.4, 0.5) is 0 Å². The Labute approximate surface area is 157 Å². The number of halogens is 1. The van der Waals surface area contributed by atoms with Crippen LogP contribution in [-0.2, 0) is 4.79 Å². The van der Waals surface area contributed by atoms with Crippen molar-refractivity contribution in [2.24, 2.45) is 0 Å². The van der Waals surface area contributed by atoms with Gasteiger partial charge in [-0.3, -0.25) is 4.79 Å². The third kappa shape index (κ3) is 8.62. The van der Waals surface area contributed by atoms with E-state index in [4.69, 9.17) is 16.3 Å². The van der Waals surface area contributed by atoms with Crippen molar-refractivity contribution in [3.8, 4) is 5.75 Å². The number of hydrogen-bond donors (Lipinski definition) is 1. The smallest absolute Gasteiger partial charge is 0.223 e. The van der Waals surface area contributed by atoms with Crippen molar-refractivity contribution in [2.75, 3.05) is 6.61 Å². The van der Waals surface area contributed by atoms with Gasteiger partial charge in [0.1, 0.15) is 5.75 Å². The third-order valence-corrected chi connectivity index (χ3v) is 5.21. The SMILES string of the molecule is O=C(CCOc1ccccc1Cl)NC1CCCCCCCCCCC1. The molecule has 1 aliphatic carbocycles. The van der Waals surface area contributed by atoms with Gasteiger partial charge in [-0.1, -0.05) is 81.5 Å². The summed E-state index contributed by atoms with van der Waals surface area (Å²) in [5, 5.41) is 3.81. The summed E-state index contributed by atoms with van der Waals surface area (Å²) in [5.41, 5.74) is 0. The molecule has 0 unspecified atom stereocenters. The quantitative estimate of drug-likeness (QED) is 0.705. The first kappa shape index (κ1) is 20.1. The fourth-order valence-electron chi connectivity index (χ4n) is 3.42. The third-order valence-electron chi connectivity index (χ3n) is 4.89. The summed E-state index contributed by atoms with van der Waals surface area (Å²) in [6.07, 6.45) is 14.4. The van der Waals surface area contributed by atoms with Crippen LogP contribution in [0.2, 0.25) is 5.02 Å². The highest BCUT2D eigenvalue weighted by molar-refractivity contribution is 6.32. The molecule has 0 aromatic heterocycles. The van der Waals surface area contributed by atoms with Gasteiger partial charge in [-0.05, 0) is 25.0 Å². The molecule has 0 heterocycles. The fourth-order valence-corrected chi connectivity index (χ4v) is 3.61. The number of nitrogens with one attached hydrogen (secondary N) is 1. The molecule has 1 saturated carbocycles. The number of rotatable bonds is 5. The van der Waals surface area contributed by atoms with Gasteiger partial charge >= 0.3 is 0 Å². The van der Waals surface area contributed by atoms with E-state index in [0.717, 1.165) is 12.8 Å². The number of benzene rings is 1. The summed E-state index contributed by atoms with van der Waals surface area (Å²) in [5.74, 6) is 0.729. The molecule has 2 rings (SSSR count). The minimum absolute atomic E-state index is 0.0872. The summed E-state index contributed by atoms with van der Waals surface area (Å²) in [6, 6.07) is 7.69. The van der Waals surface area contributed by atoms with Crippen molar-refractivity contribution in [1.29, 1.82) is 0 Å². The van der Waals surface area contributed by atoms with E-state index in [2.05, 4.69) is 5.32 Å². The van der Waals surface area contributed by atoms with Gasteiger partial charge in [0.15, 0.2) is 0 Å². The predicted octanol–water partition coefficient (Wildman–Crippen LogP) is 5.90. The van der Waals surface area contributed by atoms with Crippen LogP contribution in [0.15, 0.2) is 24.3 Å². The lowest BCUT2D eigenvalue weighted by molar-refractivity contribution is -0.122. The second-order valence-electron chi connectivity index (χ2n) is 7.05. The maximum absolute atomic E-state index is 12.2. The molecular formula is C21H32ClNO2. The first-order valence-electron chi connectivity index (χ1n) is 9.92. The molecule has 0 radical (unpaired) electrons. The number of carbonyl (C=O) groups is 1. The average molecular weight is 366 g/mol. The summed E-state index contributed by atoms with van der Waals surface area (Å²) in [7, 11) is 0. The first-order valence-corrected chi connectivity index (χ1v) is 10.3. The van der Waals surface area contributed by atoms with Crippen LogP contribution >= 0.6 is 11.6 Å². The van der Waals surface area contributed by atoms with Crippen LogP contribution < -0.4 is 10.1 Å². The van der Waals surface area contributed by atoms with Crippen molar-refractivity contribution in [3.05, 3.63) is 29.3 Å². The molecule has 1 fully saturated rings. The normalized spacial score (nSPS) is 18.0. The molecule has 1 N–H and O–H groups in total. The molecule has 1 aromatic rings. The highest BCUT2D eigenvalue weighted by Crippen LogP contribution is 2.23. The molecule has 0 atom stereocenters. The molecule has 1 aliphatic rings. The zero-order chi connectivity index (χ0) is 17.7. The topological polar surface area (TPSA) is 38.3 Å². The van der Waals surface area contributed by atoms with E-state index >= 15 is 0 Å². The average Bonchev–Trinajstić information content (AvgIpc) is 2.59. The van der Waals surface area contributed by atoms with Gasteiger partial charge in [0, 0.05) is 6.04 Å². The van der Waals surface area contributed by atoms with Gasteiger partial charge in [-0.2, -0.15) is 0 Å². The van der Waals surface area contributed by atoms with E-state index in [1.54, 1.807) is 6.07 Å². The summed E-state index contributed by atoms with van der Waals surface area (Å²) in [4.78, 5) is 12.2. The molecule has 1 aromatic carbocycles. The second-order valence-corrected chi connectivity index (χ2v) is 7.46. The Hall–Kier alpha value is -1.22. The molecule has 140 valence electrons. The lowest BCUT2D eigenvalue weighted by Crippen LogP contribution is -2.35. The summed E-state index contributed by atoms with van der Waals surface area (Å²) >= 11 is 6.06. The lowest BCUT2D eigenvalue weighted by Gasteiger charge is -2.19. The molecule has 25 heavy (non-hydrogen) atoms. The number of carbonyl (C=O) groups excluding carboxylic acids is 1. The van der Waals surface area contributed by atoms with E-state index in [1.807, 2.05) is 18.2 Å². The van der Waals surface area contributed by atoms with E-state index in [-0.39, 0.29) is 5.91 Å². The minimum Gasteiger partial charge on any atom is -0.491 e. The standard InChI is InChI=1S/C21H32ClNO2/c22-19-14-10-11-15-20(19)25-17-16-21(24)23-18-12-8-6-4-2-1-3-5-7-9-13-18/h10-11,14-15,18H,1-9,12-13,16-17H2,(H,23,24). The van der Waals surface area contributed by atoms with Crippen molar-refractivity contribution < 1.29 is 9.53 Å². The molecule has 1 amide bonds. The Morgan fingerprint density at radius 1 is 0.960 bits per heavy atom. The van der Waals surface area contributed by atoms with Crippen molar-refractivity contribution in [2.45, 2.75) is 83.1 Å². The first-order chi connectivity index (χ1) is 12.3. The van der Waals surface area contributed by atoms with E-state index in [9.17, 15) is 4.79 Å². The van der Waals surface area contributed by atoms with Crippen molar-refractivity contribution >= 4 is 17.5 Å². The number of amides is 1. The molecule has 0 saturated heterocycles. The van der Waals surface area contributed by atoms with Gasteiger partial charge in [0.05, 0.1) is 18.1 Å². The largest absolute Gasteiger partial charge is 0.491 e. The van der Waals surface area contributed by atoms with E-state index in [0.29, 0.717) is 29.8 Å². The number of para-hydroxylation sites is 1. The maximum atomic E-state index is 12.2. The number of hydrogen-bond acceptors (Lipinski definition) is 2. The van der Waals surface area contributed by atoms with Gasteiger partial charge in [0.2, 0.25) is 5.91 Å². The molecule has 0 spiro atoms. The van der Waals surface area contributed by atoms with Crippen LogP contribution in [0, 0.1) is 0 Å². The monoisotopic (exact) mass is 365 g/mol. The van der Waals surface area contributed by atoms with E-state index in [1.165, 1.54) is 57.8 Å². The maximum Gasteiger partial charge on any atom is 0.223 e. The van der Waals surface area contributed by atoms with Crippen LogP contribution in [0.3, 0.4) is 0 Å². The highest BCUT2D eigenvalue weighted by atomic mass is 35.5. The van der Waals surface area contributed by atoms with Crippen molar-refractivity contribution in [1.82, 2.24) is 5.32 Å². The van der Waals surface area contributed by atoms with Crippen LogP contribution in [0.25, 0.3) is 0 Å². The minimum atomic E-state index is 0.0872. The Balaban J connectivity index is 1.69. The van der Waals surface area contributed by atoms with Gasteiger partial charge in [-0.25, -0.2) is 0 Å². The van der Waals surface area contributed by atoms with Crippen LogP contribution in [0.1, 0.15) is 77.0 Å². The number of ether oxygens (including phenoxy) is 1. The van der Waals surface area contributed by atoms with Crippen LogP contribution in [0.5, 0.6) is 5.75 Å². The van der Waals surface area contributed by atoms with Crippen molar-refractivity contribution in [3.63, 3.8) is 0 Å². The molecule has 0 bridgehead atoms. The van der Waals surface area contributed by atoms with E-state index < -0.39 is 0 Å². The lowest BCUT2D eigenvalue weighted by atomic mass is 9.98. The fraction of sp³-hybridized carbons (Fsp3) is 0.667. The Bertz CT molecular complexity index is 494.